The molecule has 4 aromatic rings. The average molecular weight is 599 g/mol. The number of carbonyl (C=O) groups is 1. The lowest BCUT2D eigenvalue weighted by atomic mass is 9.96. The molecule has 0 atom stereocenters. The van der Waals surface area contributed by atoms with E-state index in [2.05, 4.69) is 45.5 Å². The number of methoxy groups -OCH3 is 1. The molecule has 1 aliphatic rings. The van der Waals surface area contributed by atoms with Crippen molar-refractivity contribution < 1.29 is 14.3 Å². The van der Waals surface area contributed by atoms with Crippen molar-refractivity contribution in [2.45, 2.75) is 32.3 Å². The highest BCUT2D eigenvalue weighted by molar-refractivity contribution is 9.10. The van der Waals surface area contributed by atoms with E-state index in [0.717, 1.165) is 52.5 Å². The molecule has 0 spiro atoms. The molecule has 0 unspecified atom stereocenters. The van der Waals surface area contributed by atoms with Crippen molar-refractivity contribution in [1.29, 1.82) is 10.5 Å². The van der Waals surface area contributed by atoms with Gasteiger partial charge in [0.25, 0.3) is 5.91 Å². The van der Waals surface area contributed by atoms with Gasteiger partial charge in [-0.3, -0.25) is 4.79 Å². The molecular weight excluding hydrogens is 574 g/mol. The Hall–Kier alpha value is -4.11. The van der Waals surface area contributed by atoms with Crippen LogP contribution in [0.3, 0.4) is 0 Å². The highest BCUT2D eigenvalue weighted by atomic mass is 79.9. The van der Waals surface area contributed by atoms with E-state index in [0.29, 0.717) is 38.7 Å². The van der Waals surface area contributed by atoms with Crippen LogP contribution in [0, 0.1) is 22.7 Å². The smallest absolute Gasteiger partial charge is 0.266 e. The Morgan fingerprint density at radius 2 is 1.92 bits per heavy atom. The fourth-order valence-corrected chi connectivity index (χ4v) is 6.60. The third-order valence-electron chi connectivity index (χ3n) is 6.69. The van der Waals surface area contributed by atoms with Gasteiger partial charge < -0.3 is 14.8 Å². The molecule has 39 heavy (non-hydrogen) atoms. The minimum atomic E-state index is -0.557. The van der Waals surface area contributed by atoms with Crippen molar-refractivity contribution >= 4 is 55.0 Å². The summed E-state index contributed by atoms with van der Waals surface area (Å²) in [5, 5.41) is 25.0. The van der Waals surface area contributed by atoms with Crippen molar-refractivity contribution in [3.8, 4) is 23.6 Å². The topological polar surface area (TPSA) is 95.1 Å². The first kappa shape index (κ1) is 26.5. The van der Waals surface area contributed by atoms with Gasteiger partial charge in [-0.25, -0.2) is 0 Å². The van der Waals surface area contributed by atoms with Gasteiger partial charge in [0.1, 0.15) is 29.3 Å². The zero-order chi connectivity index (χ0) is 27.4. The molecule has 0 aliphatic heterocycles. The molecule has 1 N–H and O–H groups in total. The second kappa shape index (κ2) is 11.7. The van der Waals surface area contributed by atoms with E-state index in [-0.39, 0.29) is 5.57 Å². The highest BCUT2D eigenvalue weighted by Crippen LogP contribution is 2.39. The number of rotatable bonds is 7. The number of hydrogen-bond donors (Lipinski definition) is 1. The van der Waals surface area contributed by atoms with Crippen LogP contribution < -0.4 is 14.8 Å². The van der Waals surface area contributed by atoms with Crippen LogP contribution in [0.15, 0.2) is 64.6 Å². The minimum Gasteiger partial charge on any atom is -0.493 e. The van der Waals surface area contributed by atoms with Crippen molar-refractivity contribution in [1.82, 2.24) is 0 Å². The molecule has 0 bridgehead atoms. The monoisotopic (exact) mass is 597 g/mol. The molecule has 6 nitrogen and oxygen atoms in total. The molecule has 0 radical (unpaired) electrons. The molecular formula is C31H24BrN3O3S. The first-order chi connectivity index (χ1) is 19.0. The van der Waals surface area contributed by atoms with Gasteiger partial charge in [-0.1, -0.05) is 42.5 Å². The van der Waals surface area contributed by atoms with E-state index in [1.807, 2.05) is 30.3 Å². The van der Waals surface area contributed by atoms with Gasteiger partial charge in [0, 0.05) is 4.88 Å². The van der Waals surface area contributed by atoms with Crippen LogP contribution in [-0.4, -0.2) is 13.0 Å². The van der Waals surface area contributed by atoms with E-state index in [1.165, 1.54) is 17.4 Å². The molecule has 0 saturated heterocycles. The lowest BCUT2D eigenvalue weighted by molar-refractivity contribution is -0.112. The van der Waals surface area contributed by atoms with Crippen LogP contribution in [0.5, 0.6) is 11.5 Å². The number of amides is 1. The Labute approximate surface area is 239 Å². The van der Waals surface area contributed by atoms with Crippen LogP contribution in [0.25, 0.3) is 16.8 Å². The quantitative estimate of drug-likeness (QED) is 0.175. The fourth-order valence-electron chi connectivity index (χ4n) is 4.79. The summed E-state index contributed by atoms with van der Waals surface area (Å²) in [6, 6.07) is 21.9. The Morgan fingerprint density at radius 3 is 2.72 bits per heavy atom. The predicted molar refractivity (Wildman–Crippen MR) is 157 cm³/mol. The van der Waals surface area contributed by atoms with Crippen molar-refractivity contribution in [2.75, 3.05) is 12.4 Å². The first-order valence-corrected chi connectivity index (χ1v) is 14.1. The molecule has 1 aliphatic carbocycles. The summed E-state index contributed by atoms with van der Waals surface area (Å²) in [5.74, 6) is 0.429. The Kier molecular flexibility index (Phi) is 7.97. The number of benzene rings is 3. The second-order valence-corrected chi connectivity index (χ2v) is 11.1. The van der Waals surface area contributed by atoms with Crippen molar-refractivity contribution in [2.24, 2.45) is 0 Å². The number of nitrogens with one attached hydrogen (secondary N) is 1. The van der Waals surface area contributed by atoms with Crippen molar-refractivity contribution in [3.63, 3.8) is 0 Å². The molecule has 3 aromatic carbocycles. The summed E-state index contributed by atoms with van der Waals surface area (Å²) in [6.07, 6.45) is 5.36. The largest absolute Gasteiger partial charge is 0.493 e. The Balaban J connectivity index is 1.38. The van der Waals surface area contributed by atoms with Gasteiger partial charge in [0.15, 0.2) is 11.5 Å². The van der Waals surface area contributed by atoms with Crippen LogP contribution in [-0.2, 0) is 24.2 Å². The van der Waals surface area contributed by atoms with Gasteiger partial charge >= 0.3 is 0 Å². The number of hydrogen-bond acceptors (Lipinski definition) is 6. The third-order valence-corrected chi connectivity index (χ3v) is 8.49. The number of ether oxygens (including phenoxy) is 2. The average Bonchev–Trinajstić information content (AvgIpc) is 3.31. The molecule has 8 heteroatoms. The summed E-state index contributed by atoms with van der Waals surface area (Å²) in [7, 11) is 1.54. The summed E-state index contributed by atoms with van der Waals surface area (Å²) >= 11 is 4.99. The van der Waals surface area contributed by atoms with E-state index in [1.54, 1.807) is 19.2 Å². The minimum absolute atomic E-state index is 0.0800. The van der Waals surface area contributed by atoms with Gasteiger partial charge in [0.2, 0.25) is 0 Å². The van der Waals surface area contributed by atoms with Crippen LogP contribution in [0.2, 0.25) is 0 Å². The van der Waals surface area contributed by atoms with Crippen LogP contribution in [0.4, 0.5) is 5.00 Å². The lowest BCUT2D eigenvalue weighted by Crippen LogP contribution is -2.13. The third kappa shape index (κ3) is 5.54. The van der Waals surface area contributed by atoms with Gasteiger partial charge in [-0.05, 0) is 87.3 Å². The number of nitrogens with zero attached hydrogens (tertiary/aromatic N) is 2. The number of fused-ring (bicyclic) bond motifs is 2. The normalized spacial score (nSPS) is 12.8. The number of aryl methyl sites for hydroxylation is 1. The van der Waals surface area contributed by atoms with E-state index < -0.39 is 5.91 Å². The molecule has 0 saturated carbocycles. The van der Waals surface area contributed by atoms with E-state index in [4.69, 9.17) is 9.47 Å². The van der Waals surface area contributed by atoms with Gasteiger partial charge in [0.05, 0.1) is 17.1 Å². The number of halogens is 1. The summed E-state index contributed by atoms with van der Waals surface area (Å²) < 4.78 is 12.4. The maximum atomic E-state index is 13.0. The van der Waals surface area contributed by atoms with Gasteiger partial charge in [-0.2, -0.15) is 10.5 Å². The SMILES string of the molecule is COc1cc(C=C(C#N)C(=O)Nc2sc3c(c2C#N)CCCC3)cc(Br)c1OCc1cccc2ccccc12. The lowest BCUT2D eigenvalue weighted by Gasteiger charge is -2.15. The van der Waals surface area contributed by atoms with E-state index in [9.17, 15) is 15.3 Å². The zero-order valence-electron chi connectivity index (χ0n) is 21.2. The molecule has 194 valence electrons. The number of thiophene rings is 1. The summed E-state index contributed by atoms with van der Waals surface area (Å²) in [4.78, 5) is 14.2. The number of nitriles is 2. The highest BCUT2D eigenvalue weighted by Gasteiger charge is 2.23. The molecule has 5 rings (SSSR count). The molecule has 1 amide bonds. The molecule has 1 heterocycles. The van der Waals surface area contributed by atoms with Gasteiger partial charge in [-0.15, -0.1) is 11.3 Å². The Bertz CT molecular complexity index is 1690. The predicted octanol–water partition coefficient (Wildman–Crippen LogP) is 7.55. The maximum Gasteiger partial charge on any atom is 0.266 e. The molecule has 0 fully saturated rings. The Morgan fingerprint density at radius 1 is 1.13 bits per heavy atom. The summed E-state index contributed by atoms with van der Waals surface area (Å²) in [6.45, 7) is 0.337. The van der Waals surface area contributed by atoms with Crippen LogP contribution in [0.1, 0.15) is 40.0 Å². The molecule has 1 aromatic heterocycles. The number of carbonyl (C=O) groups excluding carboxylic acids is 1. The first-order valence-electron chi connectivity index (χ1n) is 12.5. The van der Waals surface area contributed by atoms with Crippen LogP contribution >= 0.6 is 27.3 Å². The van der Waals surface area contributed by atoms with E-state index >= 15 is 0 Å². The summed E-state index contributed by atoms with van der Waals surface area (Å²) in [5.41, 5.74) is 3.09. The fraction of sp³-hybridized carbons (Fsp3) is 0.194. The standard InChI is InChI=1S/C31H24BrN3O3S/c1-37-27-15-19(14-26(32)29(27)38-18-21-9-6-8-20-7-2-3-10-23(20)21)13-22(16-33)30(36)35-31-25(17-34)24-11-4-5-12-28(24)39-31/h2-3,6-10,13-15H,4-5,11-12,18H2,1H3,(H,35,36). The number of anilines is 1. The van der Waals surface area contributed by atoms with Crippen molar-refractivity contribution in [3.05, 3.63) is 91.8 Å². The maximum absolute atomic E-state index is 13.0. The zero-order valence-corrected chi connectivity index (χ0v) is 23.6. The second-order valence-electron chi connectivity index (χ2n) is 9.11.